The highest BCUT2D eigenvalue weighted by atomic mass is 35.5. The molecule has 0 bridgehead atoms. The fourth-order valence-corrected chi connectivity index (χ4v) is 3.23. The van der Waals surface area contributed by atoms with Gasteiger partial charge in [-0.15, -0.1) is 10.2 Å². The van der Waals surface area contributed by atoms with Crippen molar-refractivity contribution in [3.05, 3.63) is 94.8 Å². The van der Waals surface area contributed by atoms with E-state index >= 15 is 0 Å². The summed E-state index contributed by atoms with van der Waals surface area (Å²) < 4.78 is 38.1. The molecule has 0 saturated heterocycles. The number of aromatic nitrogens is 2. The molecule has 30 heavy (non-hydrogen) atoms. The molecule has 1 N–H and O–H groups in total. The van der Waals surface area contributed by atoms with Crippen molar-refractivity contribution in [2.24, 2.45) is 0 Å². The van der Waals surface area contributed by atoms with E-state index in [1.54, 1.807) is 37.4 Å². The Hall–Kier alpha value is -3.45. The Morgan fingerprint density at radius 3 is 2.43 bits per heavy atom. The van der Waals surface area contributed by atoms with E-state index in [1.807, 2.05) is 12.1 Å². The van der Waals surface area contributed by atoms with Gasteiger partial charge in [0.1, 0.15) is 23.4 Å². The molecule has 1 heterocycles. The molecule has 0 aliphatic heterocycles. The van der Waals surface area contributed by atoms with Crippen LogP contribution >= 0.6 is 11.6 Å². The summed E-state index contributed by atoms with van der Waals surface area (Å²) in [6.45, 7) is 0. The Labute approximate surface area is 176 Å². The predicted molar refractivity (Wildman–Crippen MR) is 110 cm³/mol. The monoisotopic (exact) mass is 427 g/mol. The van der Waals surface area contributed by atoms with Crippen LogP contribution in [0.1, 0.15) is 17.5 Å². The number of benzene rings is 3. The van der Waals surface area contributed by atoms with Crippen molar-refractivity contribution in [1.29, 1.82) is 0 Å². The first-order chi connectivity index (χ1) is 14.5. The maximum Gasteiger partial charge on any atom is 0.247 e. The van der Waals surface area contributed by atoms with Gasteiger partial charge in [-0.2, -0.15) is 0 Å². The lowest BCUT2D eigenvalue weighted by molar-refractivity contribution is 0.415. The van der Waals surface area contributed by atoms with E-state index in [4.69, 9.17) is 20.8 Å². The maximum atomic E-state index is 13.6. The fourth-order valence-electron chi connectivity index (χ4n) is 2.95. The number of ether oxygens (including phenoxy) is 1. The molecular weight excluding hydrogens is 412 g/mol. The van der Waals surface area contributed by atoms with Crippen LogP contribution in [0.2, 0.25) is 5.02 Å². The molecule has 0 spiro atoms. The van der Waals surface area contributed by atoms with E-state index in [1.165, 1.54) is 24.3 Å². The van der Waals surface area contributed by atoms with Gasteiger partial charge in [0.15, 0.2) is 0 Å². The summed E-state index contributed by atoms with van der Waals surface area (Å²) in [6, 6.07) is 16.4. The summed E-state index contributed by atoms with van der Waals surface area (Å²) in [5.74, 6) is 0.172. The maximum absolute atomic E-state index is 13.6. The van der Waals surface area contributed by atoms with E-state index < -0.39 is 17.7 Å². The SMILES string of the molecule is COc1ccc(NC(c2nnc(-c3cccc(F)c3)o2)c2ccc(F)cc2Cl)cc1. The van der Waals surface area contributed by atoms with Gasteiger partial charge in [0, 0.05) is 21.8 Å². The van der Waals surface area contributed by atoms with Crippen LogP contribution in [-0.2, 0) is 0 Å². The van der Waals surface area contributed by atoms with Crippen molar-refractivity contribution < 1.29 is 17.9 Å². The highest BCUT2D eigenvalue weighted by molar-refractivity contribution is 6.31. The second-order valence-electron chi connectivity index (χ2n) is 6.43. The number of anilines is 1. The summed E-state index contributed by atoms with van der Waals surface area (Å²) in [6.07, 6.45) is 0. The van der Waals surface area contributed by atoms with Crippen LogP contribution in [0.3, 0.4) is 0 Å². The van der Waals surface area contributed by atoms with E-state index in [0.717, 1.165) is 5.69 Å². The van der Waals surface area contributed by atoms with Gasteiger partial charge in [-0.25, -0.2) is 8.78 Å². The minimum Gasteiger partial charge on any atom is -0.497 e. The molecule has 0 aliphatic carbocycles. The molecule has 4 aromatic rings. The standard InChI is InChI=1S/C22H16ClF2N3O2/c1-29-17-8-6-16(7-9-17)26-20(18-10-5-15(25)12-19(18)23)22-28-27-21(30-22)13-3-2-4-14(24)11-13/h2-12,20,26H,1H3. The van der Waals surface area contributed by atoms with Crippen molar-refractivity contribution in [3.8, 4) is 17.2 Å². The zero-order valence-corrected chi connectivity index (χ0v) is 16.5. The smallest absolute Gasteiger partial charge is 0.247 e. The summed E-state index contributed by atoms with van der Waals surface area (Å²) in [5.41, 5.74) is 1.72. The Balaban J connectivity index is 1.73. The lowest BCUT2D eigenvalue weighted by Gasteiger charge is -2.18. The molecule has 3 aromatic carbocycles. The van der Waals surface area contributed by atoms with Gasteiger partial charge in [0.2, 0.25) is 11.8 Å². The summed E-state index contributed by atoms with van der Waals surface area (Å²) in [7, 11) is 1.58. The van der Waals surface area contributed by atoms with Crippen LogP contribution in [0.25, 0.3) is 11.5 Å². The van der Waals surface area contributed by atoms with Crippen molar-refractivity contribution >= 4 is 17.3 Å². The number of nitrogens with one attached hydrogen (secondary N) is 1. The van der Waals surface area contributed by atoms with Gasteiger partial charge in [-0.05, 0) is 54.6 Å². The van der Waals surface area contributed by atoms with Crippen molar-refractivity contribution in [3.63, 3.8) is 0 Å². The molecule has 0 saturated carbocycles. The van der Waals surface area contributed by atoms with E-state index in [9.17, 15) is 8.78 Å². The average Bonchev–Trinajstić information content (AvgIpc) is 3.23. The second kappa shape index (κ2) is 8.51. The number of hydrogen-bond acceptors (Lipinski definition) is 5. The molecule has 0 amide bonds. The van der Waals surface area contributed by atoms with Crippen molar-refractivity contribution in [2.75, 3.05) is 12.4 Å². The zero-order valence-electron chi connectivity index (χ0n) is 15.8. The number of nitrogens with zero attached hydrogens (tertiary/aromatic N) is 2. The Bertz CT molecular complexity index is 1170. The highest BCUT2D eigenvalue weighted by Gasteiger charge is 2.24. The van der Waals surface area contributed by atoms with Gasteiger partial charge < -0.3 is 14.5 Å². The Morgan fingerprint density at radius 1 is 0.967 bits per heavy atom. The molecule has 152 valence electrons. The third kappa shape index (κ3) is 4.26. The van der Waals surface area contributed by atoms with Crippen LogP contribution in [-0.4, -0.2) is 17.3 Å². The van der Waals surface area contributed by atoms with E-state index in [-0.39, 0.29) is 16.8 Å². The number of hydrogen-bond donors (Lipinski definition) is 1. The Kier molecular flexibility index (Phi) is 5.63. The van der Waals surface area contributed by atoms with Crippen LogP contribution in [0.4, 0.5) is 14.5 Å². The van der Waals surface area contributed by atoms with Gasteiger partial charge in [-0.1, -0.05) is 23.7 Å². The van der Waals surface area contributed by atoms with E-state index in [2.05, 4.69) is 15.5 Å². The quantitative estimate of drug-likeness (QED) is 0.416. The lowest BCUT2D eigenvalue weighted by atomic mass is 10.1. The predicted octanol–water partition coefficient (Wildman–Crippen LogP) is 5.88. The summed E-state index contributed by atoms with van der Waals surface area (Å²) >= 11 is 6.29. The van der Waals surface area contributed by atoms with E-state index in [0.29, 0.717) is 16.9 Å². The molecule has 5 nitrogen and oxygen atoms in total. The topological polar surface area (TPSA) is 60.2 Å². The second-order valence-corrected chi connectivity index (χ2v) is 6.83. The molecule has 1 unspecified atom stereocenters. The first-order valence-corrected chi connectivity index (χ1v) is 9.36. The van der Waals surface area contributed by atoms with Gasteiger partial charge in [0.25, 0.3) is 0 Å². The molecule has 0 fully saturated rings. The fraction of sp³-hybridized carbons (Fsp3) is 0.0909. The summed E-state index contributed by atoms with van der Waals surface area (Å²) in [5, 5.41) is 11.6. The van der Waals surface area contributed by atoms with Crippen molar-refractivity contribution in [2.45, 2.75) is 6.04 Å². The zero-order chi connectivity index (χ0) is 21.1. The average molecular weight is 428 g/mol. The minimum atomic E-state index is -0.665. The number of rotatable bonds is 6. The molecule has 0 radical (unpaired) electrons. The molecule has 8 heteroatoms. The summed E-state index contributed by atoms with van der Waals surface area (Å²) in [4.78, 5) is 0. The Morgan fingerprint density at radius 2 is 1.73 bits per heavy atom. The van der Waals surface area contributed by atoms with Crippen LogP contribution in [0.15, 0.2) is 71.1 Å². The minimum absolute atomic E-state index is 0.157. The van der Waals surface area contributed by atoms with Crippen LogP contribution in [0, 0.1) is 11.6 Å². The largest absolute Gasteiger partial charge is 0.497 e. The first-order valence-electron chi connectivity index (χ1n) is 8.98. The van der Waals surface area contributed by atoms with Gasteiger partial charge in [-0.3, -0.25) is 0 Å². The van der Waals surface area contributed by atoms with Gasteiger partial charge >= 0.3 is 0 Å². The molecule has 1 atom stereocenters. The molecule has 4 rings (SSSR count). The molecular formula is C22H16ClF2N3O2. The number of methoxy groups -OCH3 is 1. The van der Waals surface area contributed by atoms with Crippen LogP contribution in [0.5, 0.6) is 5.75 Å². The lowest BCUT2D eigenvalue weighted by Crippen LogP contribution is -2.13. The van der Waals surface area contributed by atoms with Crippen LogP contribution < -0.4 is 10.1 Å². The third-order valence-electron chi connectivity index (χ3n) is 4.43. The normalized spacial score (nSPS) is 11.9. The third-order valence-corrected chi connectivity index (χ3v) is 4.76. The first kappa shape index (κ1) is 19.8. The number of halogens is 3. The van der Waals surface area contributed by atoms with Crippen molar-refractivity contribution in [1.82, 2.24) is 10.2 Å². The highest BCUT2D eigenvalue weighted by Crippen LogP contribution is 2.33. The van der Waals surface area contributed by atoms with Gasteiger partial charge in [0.05, 0.1) is 7.11 Å². The molecule has 1 aromatic heterocycles. The molecule has 0 aliphatic rings.